The standard InChI is InChI=1S/C29H28FNO3/c1-17-7-6-8-22(11-17)31-29(32)16-25-18(2)24(23-10-9-21(30)15-26(23)25)12-20-13-27(33-4)19(3)28(14-20)34-5/h6-15H,16H2,1-5H3,(H,31,32)/b24-12-. The molecule has 0 saturated carbocycles. The molecule has 3 aromatic carbocycles. The van der Waals surface area contributed by atoms with Gasteiger partial charge in [-0.25, -0.2) is 4.39 Å². The zero-order chi connectivity index (χ0) is 24.4. The number of allylic oxidation sites excluding steroid dienone is 2. The predicted molar refractivity (Wildman–Crippen MR) is 136 cm³/mol. The van der Waals surface area contributed by atoms with Crippen molar-refractivity contribution >= 4 is 28.8 Å². The van der Waals surface area contributed by atoms with Crippen LogP contribution in [0.5, 0.6) is 11.5 Å². The number of benzene rings is 3. The molecule has 1 aliphatic rings. The second-order valence-electron chi connectivity index (χ2n) is 8.50. The number of amides is 1. The Labute approximate surface area is 199 Å². The highest BCUT2D eigenvalue weighted by atomic mass is 19.1. The number of hydrogen-bond acceptors (Lipinski definition) is 3. The number of aryl methyl sites for hydroxylation is 1. The van der Waals surface area contributed by atoms with Crippen molar-refractivity contribution in [2.75, 3.05) is 19.5 Å². The van der Waals surface area contributed by atoms with Crippen molar-refractivity contribution in [1.82, 2.24) is 0 Å². The molecular weight excluding hydrogens is 429 g/mol. The van der Waals surface area contributed by atoms with Gasteiger partial charge in [0.1, 0.15) is 17.3 Å². The minimum absolute atomic E-state index is 0.143. The minimum Gasteiger partial charge on any atom is -0.496 e. The molecule has 0 saturated heterocycles. The first-order valence-electron chi connectivity index (χ1n) is 11.1. The van der Waals surface area contributed by atoms with E-state index in [1.165, 1.54) is 12.1 Å². The third kappa shape index (κ3) is 4.60. The van der Waals surface area contributed by atoms with Gasteiger partial charge < -0.3 is 14.8 Å². The fourth-order valence-electron chi connectivity index (χ4n) is 4.43. The molecule has 0 atom stereocenters. The molecule has 4 nitrogen and oxygen atoms in total. The van der Waals surface area contributed by atoms with Crippen molar-refractivity contribution in [3.8, 4) is 11.5 Å². The van der Waals surface area contributed by atoms with Crippen molar-refractivity contribution in [2.45, 2.75) is 27.2 Å². The van der Waals surface area contributed by atoms with Crippen molar-refractivity contribution in [3.05, 3.63) is 93.8 Å². The highest BCUT2D eigenvalue weighted by Crippen LogP contribution is 2.44. The minimum atomic E-state index is -0.330. The van der Waals surface area contributed by atoms with Crippen LogP contribution in [0, 0.1) is 19.7 Å². The molecule has 0 fully saturated rings. The molecule has 0 unspecified atom stereocenters. The Bertz CT molecular complexity index is 1310. The fourth-order valence-corrected chi connectivity index (χ4v) is 4.43. The summed E-state index contributed by atoms with van der Waals surface area (Å²) in [6, 6.07) is 16.3. The van der Waals surface area contributed by atoms with E-state index in [0.29, 0.717) is 0 Å². The first kappa shape index (κ1) is 23.3. The Morgan fingerprint density at radius 1 is 0.941 bits per heavy atom. The van der Waals surface area contributed by atoms with Gasteiger partial charge in [-0.2, -0.15) is 0 Å². The monoisotopic (exact) mass is 457 g/mol. The van der Waals surface area contributed by atoms with E-state index < -0.39 is 0 Å². The molecule has 0 aromatic heterocycles. The number of anilines is 1. The average molecular weight is 458 g/mol. The highest BCUT2D eigenvalue weighted by molar-refractivity contribution is 6.10. The van der Waals surface area contributed by atoms with Crippen LogP contribution >= 0.6 is 0 Å². The molecular formula is C29H28FNO3. The second kappa shape index (κ2) is 9.56. The Balaban J connectivity index is 1.74. The number of nitrogens with one attached hydrogen (secondary N) is 1. The van der Waals surface area contributed by atoms with Crippen molar-refractivity contribution in [1.29, 1.82) is 0 Å². The fraction of sp³-hybridized carbons (Fsp3) is 0.207. The van der Waals surface area contributed by atoms with Crippen LogP contribution in [-0.2, 0) is 4.79 Å². The van der Waals surface area contributed by atoms with E-state index in [1.807, 2.05) is 63.2 Å². The van der Waals surface area contributed by atoms with Gasteiger partial charge in [-0.15, -0.1) is 0 Å². The molecule has 34 heavy (non-hydrogen) atoms. The predicted octanol–water partition coefficient (Wildman–Crippen LogP) is 6.82. The van der Waals surface area contributed by atoms with Crippen molar-refractivity contribution in [3.63, 3.8) is 0 Å². The molecule has 1 N–H and O–H groups in total. The topological polar surface area (TPSA) is 47.6 Å². The van der Waals surface area contributed by atoms with Gasteiger partial charge in [-0.05, 0) is 102 Å². The Morgan fingerprint density at radius 3 is 2.29 bits per heavy atom. The molecule has 4 rings (SSSR count). The van der Waals surface area contributed by atoms with Crippen LogP contribution in [0.2, 0.25) is 0 Å². The summed E-state index contributed by atoms with van der Waals surface area (Å²) in [7, 11) is 3.25. The Kier molecular flexibility index (Phi) is 6.55. The second-order valence-corrected chi connectivity index (χ2v) is 8.50. The van der Waals surface area contributed by atoms with E-state index in [2.05, 4.69) is 5.32 Å². The van der Waals surface area contributed by atoms with Gasteiger partial charge >= 0.3 is 0 Å². The smallest absolute Gasteiger partial charge is 0.228 e. The lowest BCUT2D eigenvalue weighted by atomic mass is 9.99. The van der Waals surface area contributed by atoms with E-state index in [-0.39, 0.29) is 18.1 Å². The SMILES string of the molecule is COc1cc(/C=C2/C(C)=C(CC(=O)Nc3cccc(C)c3)c3cc(F)ccc32)cc(OC)c1C. The maximum atomic E-state index is 14.2. The van der Waals surface area contributed by atoms with Gasteiger partial charge in [0, 0.05) is 11.3 Å². The number of ether oxygens (including phenoxy) is 2. The van der Waals surface area contributed by atoms with Gasteiger partial charge in [-0.1, -0.05) is 18.2 Å². The van der Waals surface area contributed by atoms with Crippen molar-refractivity contribution < 1.29 is 18.7 Å². The summed E-state index contributed by atoms with van der Waals surface area (Å²) in [6.45, 7) is 5.89. The Hall–Kier alpha value is -3.86. The summed E-state index contributed by atoms with van der Waals surface area (Å²) in [5.41, 5.74) is 7.98. The van der Waals surface area contributed by atoms with Crippen LogP contribution in [0.25, 0.3) is 17.2 Å². The molecule has 1 amide bonds. The van der Waals surface area contributed by atoms with Gasteiger partial charge in [-0.3, -0.25) is 4.79 Å². The lowest BCUT2D eigenvalue weighted by molar-refractivity contribution is -0.115. The third-order valence-corrected chi connectivity index (χ3v) is 6.18. The maximum Gasteiger partial charge on any atom is 0.228 e. The number of hydrogen-bond donors (Lipinski definition) is 1. The number of rotatable bonds is 6. The highest BCUT2D eigenvalue weighted by Gasteiger charge is 2.26. The summed E-state index contributed by atoms with van der Waals surface area (Å²) in [4.78, 5) is 12.9. The van der Waals surface area contributed by atoms with Gasteiger partial charge in [0.25, 0.3) is 0 Å². The summed E-state index contributed by atoms with van der Waals surface area (Å²) in [6.07, 6.45) is 2.18. The van der Waals surface area contributed by atoms with Crippen LogP contribution in [0.15, 0.2) is 60.2 Å². The van der Waals surface area contributed by atoms with E-state index in [4.69, 9.17) is 9.47 Å². The zero-order valence-electron chi connectivity index (χ0n) is 20.1. The number of halogens is 1. The maximum absolute atomic E-state index is 14.2. The van der Waals surface area contributed by atoms with Gasteiger partial charge in [0.15, 0.2) is 0 Å². The quantitative estimate of drug-likeness (QED) is 0.442. The normalized spacial score (nSPS) is 13.8. The molecule has 5 heteroatoms. The molecule has 0 aliphatic heterocycles. The Morgan fingerprint density at radius 2 is 1.65 bits per heavy atom. The zero-order valence-corrected chi connectivity index (χ0v) is 20.1. The number of methoxy groups -OCH3 is 2. The molecule has 174 valence electrons. The number of carbonyl (C=O) groups is 1. The van der Waals surface area contributed by atoms with Crippen LogP contribution in [-0.4, -0.2) is 20.1 Å². The summed E-state index contributed by atoms with van der Waals surface area (Å²) >= 11 is 0. The van der Waals surface area contributed by atoms with Crippen LogP contribution in [0.1, 0.15) is 41.2 Å². The average Bonchev–Trinajstić information content (AvgIpc) is 3.05. The van der Waals surface area contributed by atoms with Crippen LogP contribution in [0.4, 0.5) is 10.1 Å². The van der Waals surface area contributed by atoms with E-state index >= 15 is 0 Å². The number of fused-ring (bicyclic) bond motifs is 1. The van der Waals surface area contributed by atoms with Crippen molar-refractivity contribution in [2.24, 2.45) is 0 Å². The first-order chi connectivity index (χ1) is 16.3. The number of carbonyl (C=O) groups excluding carboxylic acids is 1. The van der Waals surface area contributed by atoms with Gasteiger partial charge in [0.2, 0.25) is 5.91 Å². The van der Waals surface area contributed by atoms with E-state index in [0.717, 1.165) is 61.7 Å². The summed E-state index contributed by atoms with van der Waals surface area (Å²) in [5, 5.41) is 2.96. The summed E-state index contributed by atoms with van der Waals surface area (Å²) < 4.78 is 25.3. The largest absolute Gasteiger partial charge is 0.496 e. The summed E-state index contributed by atoms with van der Waals surface area (Å²) in [5.74, 6) is 0.976. The van der Waals surface area contributed by atoms with Gasteiger partial charge in [0.05, 0.1) is 20.6 Å². The molecule has 0 radical (unpaired) electrons. The lowest BCUT2D eigenvalue weighted by Gasteiger charge is -2.12. The van der Waals surface area contributed by atoms with E-state index in [9.17, 15) is 9.18 Å². The van der Waals surface area contributed by atoms with Crippen LogP contribution < -0.4 is 14.8 Å². The lowest BCUT2D eigenvalue weighted by Crippen LogP contribution is -2.12. The van der Waals surface area contributed by atoms with Crippen LogP contribution in [0.3, 0.4) is 0 Å². The van der Waals surface area contributed by atoms with E-state index in [1.54, 1.807) is 20.3 Å². The molecule has 0 bridgehead atoms. The molecule has 0 heterocycles. The first-order valence-corrected chi connectivity index (χ1v) is 11.1. The third-order valence-electron chi connectivity index (χ3n) is 6.18. The molecule has 3 aromatic rings. The molecule has 0 spiro atoms. The molecule has 1 aliphatic carbocycles.